The molecule has 0 aliphatic heterocycles. The van der Waals surface area contributed by atoms with E-state index in [-0.39, 0.29) is 36.9 Å². The number of nitrogens with two attached hydrogens (primary N) is 4. The fourth-order valence-electron chi connectivity index (χ4n) is 2.83. The van der Waals surface area contributed by atoms with Gasteiger partial charge in [0.1, 0.15) is 24.7 Å². The smallest absolute Gasteiger partial charge is 0.322 e. The Labute approximate surface area is 240 Å². The zero-order valence-corrected chi connectivity index (χ0v) is 23.2. The molecule has 40 heavy (non-hydrogen) atoms. The summed E-state index contributed by atoms with van der Waals surface area (Å²) in [5.74, 6) is -6.79. The summed E-state index contributed by atoms with van der Waals surface area (Å²) in [6.45, 7) is -1.25. The number of hydrogen-bond donors (Lipinski definition) is 12. The molecule has 0 heterocycles. The van der Waals surface area contributed by atoms with E-state index in [9.17, 15) is 33.6 Å². The van der Waals surface area contributed by atoms with Gasteiger partial charge >= 0.3 is 5.97 Å². The summed E-state index contributed by atoms with van der Waals surface area (Å²) in [5.41, 5.74) is 21.2. The van der Waals surface area contributed by atoms with Crippen molar-refractivity contribution in [3.8, 4) is 0 Å². The van der Waals surface area contributed by atoms with Gasteiger partial charge in [0.25, 0.3) is 0 Å². The quantitative estimate of drug-likeness (QED) is 0.0283. The third kappa shape index (κ3) is 15.6. The zero-order valence-electron chi connectivity index (χ0n) is 21.4. The number of thiol groups is 2. The number of primary amides is 1. The standard InChI is InChI=1S/C20H36N10O8S2/c21-9(7-39)16(35)29-11(4-13(22)31)17(36)26-5-14(32)28-10(2-1-3-25-20(23)24)19(38)30-12(8-40)18(37)27-6-15(33)34/h9-12,39-40H,1-8,21H2,(H2,22,31)(H,26,36)(H,27,37)(H,28,32)(H,29,35)(H,30,38)(H,33,34)(H4,23,24,25)/t9-,10-,11-,12-/m0/s1. The molecule has 0 unspecified atom stereocenters. The van der Waals surface area contributed by atoms with Crippen molar-refractivity contribution < 1.29 is 38.7 Å². The monoisotopic (exact) mass is 608 g/mol. The van der Waals surface area contributed by atoms with Crippen LogP contribution in [0.3, 0.4) is 0 Å². The first-order chi connectivity index (χ1) is 18.7. The van der Waals surface area contributed by atoms with Gasteiger partial charge in [-0.25, -0.2) is 0 Å². The van der Waals surface area contributed by atoms with Crippen LogP contribution >= 0.6 is 25.3 Å². The summed E-state index contributed by atoms with van der Waals surface area (Å²) in [7, 11) is 0. The van der Waals surface area contributed by atoms with Gasteiger partial charge in [0, 0.05) is 18.1 Å². The second-order valence-electron chi connectivity index (χ2n) is 8.16. The molecule has 0 rings (SSSR count). The first-order valence-corrected chi connectivity index (χ1v) is 13.0. The lowest BCUT2D eigenvalue weighted by molar-refractivity contribution is -0.138. The van der Waals surface area contributed by atoms with Crippen LogP contribution in [-0.2, 0) is 33.6 Å². The van der Waals surface area contributed by atoms with Crippen LogP contribution in [0, 0.1) is 0 Å². The van der Waals surface area contributed by atoms with Crippen LogP contribution < -0.4 is 49.5 Å². The van der Waals surface area contributed by atoms with Crippen molar-refractivity contribution in [1.82, 2.24) is 26.6 Å². The fourth-order valence-corrected chi connectivity index (χ4v) is 3.26. The van der Waals surface area contributed by atoms with Crippen LogP contribution in [0.5, 0.6) is 0 Å². The predicted octanol–water partition coefficient (Wildman–Crippen LogP) is -6.13. The zero-order chi connectivity index (χ0) is 30.8. The number of carboxylic acids is 1. The van der Waals surface area contributed by atoms with Crippen molar-refractivity contribution in [1.29, 1.82) is 0 Å². The number of amides is 6. The molecule has 0 aliphatic carbocycles. The molecule has 14 N–H and O–H groups in total. The SMILES string of the molecule is NC(=O)C[C@H](NC(=O)[C@@H](N)CS)C(=O)NCC(=O)N[C@@H](CCCN=C(N)N)C(=O)N[C@@H](CS)C(=O)NCC(=O)O. The minimum atomic E-state index is -1.43. The van der Waals surface area contributed by atoms with Crippen LogP contribution in [0.1, 0.15) is 19.3 Å². The van der Waals surface area contributed by atoms with Crippen LogP contribution in [0.25, 0.3) is 0 Å². The van der Waals surface area contributed by atoms with E-state index >= 15 is 0 Å². The van der Waals surface area contributed by atoms with E-state index in [1.165, 1.54) is 0 Å². The number of nitrogens with zero attached hydrogens (tertiary/aromatic N) is 1. The van der Waals surface area contributed by atoms with E-state index in [1.807, 2.05) is 0 Å². The third-order valence-electron chi connectivity index (χ3n) is 4.82. The van der Waals surface area contributed by atoms with Crippen molar-refractivity contribution in [2.75, 3.05) is 31.1 Å². The Morgan fingerprint density at radius 1 is 0.750 bits per heavy atom. The van der Waals surface area contributed by atoms with Crippen molar-refractivity contribution in [2.45, 2.75) is 43.4 Å². The van der Waals surface area contributed by atoms with Gasteiger partial charge in [0.15, 0.2) is 5.96 Å². The van der Waals surface area contributed by atoms with E-state index in [0.29, 0.717) is 0 Å². The lowest BCUT2D eigenvalue weighted by Crippen LogP contribution is -2.57. The molecule has 0 saturated heterocycles. The molecular weight excluding hydrogens is 572 g/mol. The Morgan fingerprint density at radius 2 is 1.32 bits per heavy atom. The second kappa shape index (κ2) is 19.3. The van der Waals surface area contributed by atoms with Crippen molar-refractivity contribution in [3.63, 3.8) is 0 Å². The molecule has 0 aromatic heterocycles. The maximum atomic E-state index is 12.9. The lowest BCUT2D eigenvalue weighted by Gasteiger charge is -2.22. The highest BCUT2D eigenvalue weighted by molar-refractivity contribution is 7.80. The molecule has 226 valence electrons. The molecule has 0 spiro atoms. The largest absolute Gasteiger partial charge is 0.480 e. The maximum absolute atomic E-state index is 12.9. The predicted molar refractivity (Wildman–Crippen MR) is 149 cm³/mol. The number of nitrogens with one attached hydrogen (secondary N) is 5. The summed E-state index contributed by atoms with van der Waals surface area (Å²) < 4.78 is 0. The van der Waals surface area contributed by atoms with Gasteiger partial charge in [-0.2, -0.15) is 25.3 Å². The molecule has 20 heteroatoms. The summed E-state index contributed by atoms with van der Waals surface area (Å²) >= 11 is 7.86. The summed E-state index contributed by atoms with van der Waals surface area (Å²) in [6.07, 6.45) is -0.360. The molecule has 4 atom stereocenters. The summed E-state index contributed by atoms with van der Waals surface area (Å²) in [6, 6.07) is -4.96. The van der Waals surface area contributed by atoms with Crippen LogP contribution in [0.2, 0.25) is 0 Å². The molecule has 0 saturated carbocycles. The van der Waals surface area contributed by atoms with Crippen molar-refractivity contribution >= 4 is 72.6 Å². The Morgan fingerprint density at radius 3 is 1.85 bits per heavy atom. The summed E-state index contributed by atoms with van der Waals surface area (Å²) in [5, 5.41) is 20.0. The number of rotatable bonds is 19. The number of carbonyl (C=O) groups excluding carboxylic acids is 6. The first kappa shape index (κ1) is 36.2. The van der Waals surface area contributed by atoms with Crippen LogP contribution in [0.4, 0.5) is 0 Å². The van der Waals surface area contributed by atoms with Gasteiger partial charge in [-0.3, -0.25) is 38.6 Å². The molecule has 0 radical (unpaired) electrons. The number of carboxylic acid groups (broad SMARTS) is 1. The highest BCUT2D eigenvalue weighted by atomic mass is 32.1. The molecular formula is C20H36N10O8S2. The highest BCUT2D eigenvalue weighted by Crippen LogP contribution is 2.01. The molecule has 18 nitrogen and oxygen atoms in total. The van der Waals surface area contributed by atoms with Gasteiger partial charge in [-0.1, -0.05) is 0 Å². The number of carbonyl (C=O) groups is 7. The molecule has 0 aliphatic rings. The van der Waals surface area contributed by atoms with Gasteiger partial charge in [0.2, 0.25) is 35.4 Å². The average Bonchev–Trinajstić information content (AvgIpc) is 2.88. The van der Waals surface area contributed by atoms with Crippen LogP contribution in [-0.4, -0.2) is 108 Å². The molecule has 0 aromatic rings. The molecule has 6 amide bonds. The Bertz CT molecular complexity index is 964. The van der Waals surface area contributed by atoms with Gasteiger partial charge < -0.3 is 54.6 Å². The summed E-state index contributed by atoms with van der Waals surface area (Å²) in [4.78, 5) is 87.9. The molecule has 0 aromatic carbocycles. The number of guanidine groups is 1. The second-order valence-corrected chi connectivity index (χ2v) is 8.89. The topological polar surface area (TPSA) is 316 Å². The van der Waals surface area contributed by atoms with Gasteiger partial charge in [-0.15, -0.1) is 0 Å². The Balaban J connectivity index is 5.37. The van der Waals surface area contributed by atoms with E-state index in [4.69, 9.17) is 28.0 Å². The average molecular weight is 609 g/mol. The van der Waals surface area contributed by atoms with E-state index < -0.39 is 85.1 Å². The third-order valence-corrected chi connectivity index (χ3v) is 5.58. The first-order valence-electron chi connectivity index (χ1n) is 11.7. The molecule has 0 fully saturated rings. The Kier molecular flexibility index (Phi) is 17.5. The number of aliphatic imine (C=N–C) groups is 1. The number of hydrogen-bond acceptors (Lipinski definition) is 11. The van der Waals surface area contributed by atoms with Gasteiger partial charge in [0.05, 0.1) is 19.0 Å². The maximum Gasteiger partial charge on any atom is 0.322 e. The van der Waals surface area contributed by atoms with E-state index in [0.717, 1.165) is 0 Å². The van der Waals surface area contributed by atoms with E-state index in [2.05, 4.69) is 56.8 Å². The van der Waals surface area contributed by atoms with Crippen molar-refractivity contribution in [3.05, 3.63) is 0 Å². The highest BCUT2D eigenvalue weighted by Gasteiger charge is 2.28. The van der Waals surface area contributed by atoms with Crippen LogP contribution in [0.15, 0.2) is 4.99 Å². The lowest BCUT2D eigenvalue weighted by atomic mass is 10.1. The normalized spacial score (nSPS) is 13.4. The van der Waals surface area contributed by atoms with Crippen molar-refractivity contribution in [2.24, 2.45) is 27.9 Å². The minimum absolute atomic E-state index is 0.000308. The minimum Gasteiger partial charge on any atom is -0.480 e. The van der Waals surface area contributed by atoms with Gasteiger partial charge in [-0.05, 0) is 12.8 Å². The molecule has 0 bridgehead atoms. The fraction of sp³-hybridized carbons (Fsp3) is 0.600. The van der Waals surface area contributed by atoms with E-state index in [1.54, 1.807) is 0 Å². The Hall–Kier alpha value is -3.78. The number of aliphatic carboxylic acids is 1.